The van der Waals surface area contributed by atoms with Gasteiger partial charge in [-0.25, -0.2) is 15.0 Å². The van der Waals surface area contributed by atoms with E-state index >= 15 is 0 Å². The first-order chi connectivity index (χ1) is 30.7. The van der Waals surface area contributed by atoms with Crippen molar-refractivity contribution in [2.24, 2.45) is 0 Å². The first-order valence-corrected chi connectivity index (χ1v) is 20.1. The van der Waals surface area contributed by atoms with Gasteiger partial charge < -0.3 is 4.42 Å². The summed E-state index contributed by atoms with van der Waals surface area (Å²) in [6, 6.07) is 44.7. The Labute approximate surface area is 343 Å². The van der Waals surface area contributed by atoms with Crippen LogP contribution in [0, 0.1) is 0 Å². The molecule has 0 N–H and O–H groups in total. The van der Waals surface area contributed by atoms with Crippen molar-refractivity contribution in [1.29, 1.82) is 0 Å². The lowest BCUT2D eigenvalue weighted by Crippen LogP contribution is -2.00. The van der Waals surface area contributed by atoms with E-state index in [4.69, 9.17) is 20.7 Å². The lowest BCUT2D eigenvalue weighted by atomic mass is 10.0. The molecule has 0 amide bonds. The third-order valence-corrected chi connectivity index (χ3v) is 12.6. The van der Waals surface area contributed by atoms with Crippen molar-refractivity contribution in [2.75, 3.05) is 0 Å². The standard InChI is InChI=1S/C51H29N3OS2/c1-2-8-30(9-3-1)31-14-16-32(17-15-31)49-52-50(35-20-24-44-41(27-35)37-10-4-6-12-43(37)55-44)54-51(53-49)36-19-23-40-42-26-33(21-25-46(42)57-48(40)29-36)34-18-22-39-38-11-5-7-13-45(38)56-47(39)28-34/h1-29H/i19D,21D,23D,25D,26D,29D. The van der Waals surface area contributed by atoms with Gasteiger partial charge in [0.1, 0.15) is 11.2 Å². The van der Waals surface area contributed by atoms with Crippen LogP contribution < -0.4 is 0 Å². The molecule has 0 radical (unpaired) electrons. The number of para-hydroxylation sites is 1. The molecule has 4 nitrogen and oxygen atoms in total. The maximum Gasteiger partial charge on any atom is 0.164 e. The third kappa shape index (κ3) is 5.45. The van der Waals surface area contributed by atoms with Crippen molar-refractivity contribution in [3.05, 3.63) is 176 Å². The van der Waals surface area contributed by atoms with Crippen LogP contribution in [0.3, 0.4) is 0 Å². The largest absolute Gasteiger partial charge is 0.456 e. The van der Waals surface area contributed by atoms with Crippen LogP contribution in [0.25, 0.3) is 119 Å². The van der Waals surface area contributed by atoms with Gasteiger partial charge >= 0.3 is 0 Å². The van der Waals surface area contributed by atoms with E-state index in [0.717, 1.165) is 59.0 Å². The zero-order valence-corrected chi connectivity index (χ0v) is 31.5. The van der Waals surface area contributed by atoms with E-state index in [1.54, 1.807) is 11.3 Å². The molecule has 8 aromatic carbocycles. The maximum atomic E-state index is 9.68. The highest BCUT2D eigenvalue weighted by atomic mass is 32.1. The number of hydrogen-bond donors (Lipinski definition) is 0. The van der Waals surface area contributed by atoms with E-state index in [-0.39, 0.29) is 64.0 Å². The van der Waals surface area contributed by atoms with Crippen molar-refractivity contribution in [3.63, 3.8) is 0 Å². The molecular formula is C51H29N3OS2. The normalized spacial score (nSPS) is 13.3. The molecule has 0 atom stereocenters. The minimum atomic E-state index is -0.278. The summed E-state index contributed by atoms with van der Waals surface area (Å²) in [6.45, 7) is 0. The fourth-order valence-corrected chi connectivity index (χ4v) is 9.70. The minimum Gasteiger partial charge on any atom is -0.456 e. The zero-order chi connectivity index (χ0) is 42.7. The summed E-state index contributed by atoms with van der Waals surface area (Å²) in [6.07, 6.45) is 0. The number of benzene rings is 8. The molecule has 0 unspecified atom stereocenters. The number of nitrogens with zero attached hydrogens (tertiary/aromatic N) is 3. The molecule has 0 aliphatic heterocycles. The predicted molar refractivity (Wildman–Crippen MR) is 240 cm³/mol. The molecule has 12 aromatic rings. The van der Waals surface area contributed by atoms with E-state index in [0.29, 0.717) is 43.3 Å². The summed E-state index contributed by atoms with van der Waals surface area (Å²) in [5.74, 6) is 0.699. The Morgan fingerprint density at radius 2 is 0.982 bits per heavy atom. The minimum absolute atomic E-state index is 0.0105. The molecule has 4 aromatic heterocycles. The van der Waals surface area contributed by atoms with Crippen LogP contribution in [-0.4, -0.2) is 15.0 Å². The zero-order valence-electron chi connectivity index (χ0n) is 35.8. The highest BCUT2D eigenvalue weighted by Gasteiger charge is 2.17. The molecule has 4 heterocycles. The van der Waals surface area contributed by atoms with Gasteiger partial charge in [-0.05, 0) is 76.8 Å². The van der Waals surface area contributed by atoms with Gasteiger partial charge in [0, 0.05) is 67.8 Å². The molecule has 0 aliphatic rings. The van der Waals surface area contributed by atoms with Crippen molar-refractivity contribution < 1.29 is 12.6 Å². The average Bonchev–Trinajstić information content (AvgIpc) is 4.02. The Balaban J connectivity index is 1.06. The quantitative estimate of drug-likeness (QED) is 0.175. The molecule has 0 aliphatic carbocycles. The molecule has 266 valence electrons. The SMILES string of the molecule is [2H]c1c(-c2ccc3c(c2)sc2ccccc23)c([2H])c2c(sc3c([2H])c(-c4nc(-c5ccc(-c6ccccc6)cc5)nc(-c5ccc6oc7ccccc7c6c5)n4)c([2H])c([2H])c32)c1[2H]. The van der Waals surface area contributed by atoms with Gasteiger partial charge in [-0.15, -0.1) is 22.7 Å². The van der Waals surface area contributed by atoms with Crippen LogP contribution in [0.2, 0.25) is 0 Å². The summed E-state index contributed by atoms with van der Waals surface area (Å²) < 4.78 is 65.5. The topological polar surface area (TPSA) is 51.8 Å². The number of hydrogen-bond acceptors (Lipinski definition) is 6. The van der Waals surface area contributed by atoms with Crippen LogP contribution in [0.5, 0.6) is 0 Å². The highest BCUT2D eigenvalue weighted by Crippen LogP contribution is 2.41. The Morgan fingerprint density at radius 3 is 1.86 bits per heavy atom. The van der Waals surface area contributed by atoms with Crippen LogP contribution in [-0.2, 0) is 0 Å². The molecule has 0 spiro atoms. The second-order valence-electron chi connectivity index (χ2n) is 13.9. The van der Waals surface area contributed by atoms with Crippen LogP contribution in [0.1, 0.15) is 8.22 Å². The number of rotatable bonds is 5. The molecule has 57 heavy (non-hydrogen) atoms. The van der Waals surface area contributed by atoms with Gasteiger partial charge in [0.05, 0.1) is 8.22 Å². The van der Waals surface area contributed by atoms with Crippen LogP contribution in [0.15, 0.2) is 180 Å². The second-order valence-corrected chi connectivity index (χ2v) is 16.0. The first kappa shape index (κ1) is 26.8. The van der Waals surface area contributed by atoms with Gasteiger partial charge in [-0.2, -0.15) is 0 Å². The summed E-state index contributed by atoms with van der Waals surface area (Å²) in [5.41, 5.74) is 5.87. The molecular weight excluding hydrogens is 735 g/mol. The number of thiophene rings is 2. The monoisotopic (exact) mass is 769 g/mol. The average molecular weight is 770 g/mol. The lowest BCUT2D eigenvalue weighted by molar-refractivity contribution is 0.669. The van der Waals surface area contributed by atoms with Gasteiger partial charge in [0.15, 0.2) is 17.5 Å². The molecule has 0 saturated carbocycles. The molecule has 0 fully saturated rings. The van der Waals surface area contributed by atoms with Crippen molar-refractivity contribution in [2.45, 2.75) is 0 Å². The van der Waals surface area contributed by atoms with Crippen molar-refractivity contribution in [1.82, 2.24) is 15.0 Å². The van der Waals surface area contributed by atoms with E-state index in [1.165, 1.54) is 0 Å². The van der Waals surface area contributed by atoms with E-state index in [1.807, 2.05) is 127 Å². The van der Waals surface area contributed by atoms with Crippen molar-refractivity contribution in [3.8, 4) is 56.4 Å². The fraction of sp³-hybridized carbons (Fsp3) is 0. The van der Waals surface area contributed by atoms with Gasteiger partial charge in [-0.1, -0.05) is 121 Å². The van der Waals surface area contributed by atoms with Gasteiger partial charge in [0.2, 0.25) is 0 Å². The summed E-state index contributed by atoms with van der Waals surface area (Å²) in [5, 5.41) is 4.56. The number of furan rings is 1. The molecule has 0 bridgehead atoms. The first-order valence-electron chi connectivity index (χ1n) is 21.4. The highest BCUT2D eigenvalue weighted by molar-refractivity contribution is 7.26. The Hall–Kier alpha value is -6.99. The van der Waals surface area contributed by atoms with Gasteiger partial charge in [0.25, 0.3) is 0 Å². The van der Waals surface area contributed by atoms with Gasteiger partial charge in [-0.3, -0.25) is 0 Å². The molecule has 12 rings (SSSR count). The van der Waals surface area contributed by atoms with Crippen LogP contribution in [0.4, 0.5) is 0 Å². The Kier molecular flexibility index (Phi) is 6.00. The van der Waals surface area contributed by atoms with E-state index < -0.39 is 0 Å². The fourth-order valence-electron chi connectivity index (χ4n) is 7.58. The number of fused-ring (bicyclic) bond motifs is 9. The maximum absolute atomic E-state index is 9.68. The molecule has 6 heteroatoms. The van der Waals surface area contributed by atoms with Crippen molar-refractivity contribution >= 4 is 85.0 Å². The summed E-state index contributed by atoms with van der Waals surface area (Å²) in [7, 11) is 0. The second kappa shape index (κ2) is 12.8. The summed E-state index contributed by atoms with van der Waals surface area (Å²) >= 11 is 2.72. The smallest absolute Gasteiger partial charge is 0.164 e. The third-order valence-electron chi connectivity index (χ3n) is 10.4. The molecule has 0 saturated heterocycles. The van der Waals surface area contributed by atoms with E-state index in [9.17, 15) is 6.85 Å². The van der Waals surface area contributed by atoms with Crippen LogP contribution >= 0.6 is 22.7 Å². The Morgan fingerprint density at radius 1 is 0.351 bits per heavy atom. The lowest BCUT2D eigenvalue weighted by Gasteiger charge is -2.09. The Bertz CT molecular complexity index is 3880. The number of aromatic nitrogens is 3. The van der Waals surface area contributed by atoms with E-state index in [2.05, 4.69) is 12.1 Å². The summed E-state index contributed by atoms with van der Waals surface area (Å²) in [4.78, 5) is 14.8. The predicted octanol–water partition coefficient (Wildman–Crippen LogP) is 14.8.